The summed E-state index contributed by atoms with van der Waals surface area (Å²) in [5.74, 6) is -0.261. The van der Waals surface area contributed by atoms with Crippen LogP contribution < -0.4 is 10.2 Å². The highest BCUT2D eigenvalue weighted by atomic mass is 16.2. The molecule has 0 spiro atoms. The zero-order chi connectivity index (χ0) is 24.8. The Morgan fingerprint density at radius 1 is 0.941 bits per heavy atom. The molecule has 1 saturated heterocycles. The summed E-state index contributed by atoms with van der Waals surface area (Å²) in [7, 11) is 0. The van der Waals surface area contributed by atoms with Crippen LogP contribution in [-0.4, -0.2) is 66.8 Å². The van der Waals surface area contributed by atoms with Gasteiger partial charge in [-0.2, -0.15) is 0 Å². The predicted molar refractivity (Wildman–Crippen MR) is 136 cm³/mol. The lowest BCUT2D eigenvalue weighted by atomic mass is 10.1. The van der Waals surface area contributed by atoms with Crippen LogP contribution in [0.3, 0.4) is 0 Å². The van der Waals surface area contributed by atoms with Crippen LogP contribution in [0.4, 0.5) is 11.4 Å². The Kier molecular flexibility index (Phi) is 8.31. The van der Waals surface area contributed by atoms with Crippen LogP contribution in [0, 0.1) is 12.8 Å². The van der Waals surface area contributed by atoms with Crippen molar-refractivity contribution < 1.29 is 14.4 Å². The van der Waals surface area contributed by atoms with Gasteiger partial charge in [0.2, 0.25) is 5.91 Å². The summed E-state index contributed by atoms with van der Waals surface area (Å²) in [5, 5.41) is 2.90. The molecule has 7 heteroatoms. The Balaban J connectivity index is 1.81. The Morgan fingerprint density at radius 3 is 2.12 bits per heavy atom. The fourth-order valence-electron chi connectivity index (χ4n) is 4.06. The Bertz CT molecular complexity index is 1020. The maximum Gasteiger partial charge on any atom is 0.256 e. The van der Waals surface area contributed by atoms with Gasteiger partial charge < -0.3 is 20.0 Å². The molecule has 1 fully saturated rings. The minimum atomic E-state index is -0.152. The lowest BCUT2D eigenvalue weighted by Crippen LogP contribution is -2.49. The molecule has 0 aromatic heterocycles. The molecule has 1 aliphatic rings. The van der Waals surface area contributed by atoms with Crippen LogP contribution in [0.25, 0.3) is 0 Å². The standard InChI is InChI=1S/C27H36N4O3/c1-6-29(7-2)27(34)23-18-22(28-25(32)19(3)4)12-13-24(23)30-14-16-31(17-15-30)26(33)21-10-8-20(5)9-11-21/h8-13,18-19H,6-7,14-17H2,1-5H3,(H,28,32). The number of nitrogens with one attached hydrogen (secondary N) is 1. The van der Waals surface area contributed by atoms with E-state index < -0.39 is 0 Å². The van der Waals surface area contributed by atoms with Gasteiger partial charge in [-0.3, -0.25) is 14.4 Å². The highest BCUT2D eigenvalue weighted by molar-refractivity contribution is 6.02. The van der Waals surface area contributed by atoms with Gasteiger partial charge in [-0.05, 0) is 51.1 Å². The van der Waals surface area contributed by atoms with Crippen LogP contribution >= 0.6 is 0 Å². The van der Waals surface area contributed by atoms with Crippen LogP contribution in [0.1, 0.15) is 54.0 Å². The number of carbonyl (C=O) groups is 3. The van der Waals surface area contributed by atoms with E-state index in [-0.39, 0.29) is 23.6 Å². The second-order valence-corrected chi connectivity index (χ2v) is 9.00. The number of anilines is 2. The molecule has 3 amide bonds. The van der Waals surface area contributed by atoms with Crippen molar-refractivity contribution in [3.8, 4) is 0 Å². The molecule has 34 heavy (non-hydrogen) atoms. The number of benzene rings is 2. The lowest BCUT2D eigenvalue weighted by molar-refractivity contribution is -0.118. The average Bonchev–Trinajstić information content (AvgIpc) is 2.84. The van der Waals surface area contributed by atoms with Crippen molar-refractivity contribution in [2.24, 2.45) is 5.92 Å². The minimum absolute atomic E-state index is 0.0332. The molecule has 1 heterocycles. The molecule has 2 aromatic rings. The summed E-state index contributed by atoms with van der Waals surface area (Å²) < 4.78 is 0. The van der Waals surface area contributed by atoms with Crippen LogP contribution in [0.15, 0.2) is 42.5 Å². The third-order valence-electron chi connectivity index (χ3n) is 6.28. The highest BCUT2D eigenvalue weighted by Gasteiger charge is 2.26. The Hall–Kier alpha value is -3.35. The third kappa shape index (κ3) is 5.76. The molecular formula is C27H36N4O3. The molecule has 0 bridgehead atoms. The van der Waals surface area contributed by atoms with Crippen LogP contribution in [0.5, 0.6) is 0 Å². The van der Waals surface area contributed by atoms with Gasteiger partial charge in [0.15, 0.2) is 0 Å². The molecule has 1 aliphatic heterocycles. The zero-order valence-electron chi connectivity index (χ0n) is 20.9. The number of carbonyl (C=O) groups excluding carboxylic acids is 3. The van der Waals surface area contributed by atoms with Gasteiger partial charge >= 0.3 is 0 Å². The molecule has 2 aromatic carbocycles. The smallest absolute Gasteiger partial charge is 0.256 e. The van der Waals surface area contributed by atoms with Gasteiger partial charge in [0.1, 0.15) is 0 Å². The highest BCUT2D eigenvalue weighted by Crippen LogP contribution is 2.28. The number of aryl methyl sites for hydroxylation is 1. The van der Waals surface area contributed by atoms with Crippen molar-refractivity contribution in [1.82, 2.24) is 9.80 Å². The van der Waals surface area contributed by atoms with E-state index in [1.54, 1.807) is 11.0 Å². The monoisotopic (exact) mass is 464 g/mol. The van der Waals surface area contributed by atoms with Crippen molar-refractivity contribution in [1.29, 1.82) is 0 Å². The maximum atomic E-state index is 13.3. The van der Waals surface area contributed by atoms with Crippen LogP contribution in [0.2, 0.25) is 0 Å². The average molecular weight is 465 g/mol. The number of amides is 3. The summed E-state index contributed by atoms with van der Waals surface area (Å²) in [4.78, 5) is 44.3. The normalized spacial score (nSPS) is 13.7. The molecule has 1 N–H and O–H groups in total. The summed E-state index contributed by atoms with van der Waals surface area (Å²) in [6.45, 7) is 13.2. The van der Waals surface area contributed by atoms with E-state index >= 15 is 0 Å². The molecule has 0 atom stereocenters. The summed E-state index contributed by atoms with van der Waals surface area (Å²) in [5.41, 5.74) is 3.85. The van der Waals surface area contributed by atoms with E-state index in [1.165, 1.54) is 0 Å². The van der Waals surface area contributed by atoms with E-state index in [0.717, 1.165) is 11.3 Å². The maximum absolute atomic E-state index is 13.3. The Labute approximate surface area is 202 Å². The van der Waals surface area contributed by atoms with E-state index in [1.807, 2.05) is 75.9 Å². The molecule has 0 saturated carbocycles. The van der Waals surface area contributed by atoms with Crippen molar-refractivity contribution >= 4 is 29.1 Å². The first-order chi connectivity index (χ1) is 16.2. The summed E-state index contributed by atoms with van der Waals surface area (Å²) >= 11 is 0. The second-order valence-electron chi connectivity index (χ2n) is 9.00. The molecule has 0 aliphatic carbocycles. The van der Waals surface area contributed by atoms with E-state index in [2.05, 4.69) is 10.2 Å². The molecule has 182 valence electrons. The fourth-order valence-corrected chi connectivity index (χ4v) is 4.06. The molecule has 0 radical (unpaired) electrons. The van der Waals surface area contributed by atoms with Gasteiger partial charge in [0.25, 0.3) is 11.8 Å². The van der Waals surface area contributed by atoms with Gasteiger partial charge in [0, 0.05) is 62.1 Å². The zero-order valence-corrected chi connectivity index (χ0v) is 20.9. The van der Waals surface area contributed by atoms with Crippen molar-refractivity contribution in [3.63, 3.8) is 0 Å². The quantitative estimate of drug-likeness (QED) is 0.671. The van der Waals surface area contributed by atoms with Crippen molar-refractivity contribution in [3.05, 3.63) is 59.2 Å². The van der Waals surface area contributed by atoms with Crippen molar-refractivity contribution in [2.45, 2.75) is 34.6 Å². The number of nitrogens with zero attached hydrogens (tertiary/aromatic N) is 3. The molecular weight excluding hydrogens is 428 g/mol. The minimum Gasteiger partial charge on any atom is -0.367 e. The van der Waals surface area contributed by atoms with E-state index in [0.29, 0.717) is 56.1 Å². The van der Waals surface area contributed by atoms with Crippen molar-refractivity contribution in [2.75, 3.05) is 49.5 Å². The Morgan fingerprint density at radius 2 is 1.56 bits per heavy atom. The third-order valence-corrected chi connectivity index (χ3v) is 6.28. The van der Waals surface area contributed by atoms with Crippen LogP contribution in [-0.2, 0) is 4.79 Å². The first-order valence-corrected chi connectivity index (χ1v) is 12.1. The first-order valence-electron chi connectivity index (χ1n) is 12.1. The molecule has 3 rings (SSSR count). The van der Waals surface area contributed by atoms with Gasteiger partial charge in [-0.1, -0.05) is 31.5 Å². The second kappa shape index (κ2) is 11.2. The number of rotatable bonds is 7. The number of piperazine rings is 1. The summed E-state index contributed by atoms with van der Waals surface area (Å²) in [6.07, 6.45) is 0. The van der Waals surface area contributed by atoms with Gasteiger partial charge in [0.05, 0.1) is 5.56 Å². The fraction of sp³-hybridized carbons (Fsp3) is 0.444. The van der Waals surface area contributed by atoms with E-state index in [4.69, 9.17) is 0 Å². The number of hydrogen-bond donors (Lipinski definition) is 1. The lowest BCUT2D eigenvalue weighted by Gasteiger charge is -2.37. The van der Waals surface area contributed by atoms with Gasteiger partial charge in [-0.25, -0.2) is 0 Å². The molecule has 7 nitrogen and oxygen atoms in total. The number of hydrogen-bond acceptors (Lipinski definition) is 4. The van der Waals surface area contributed by atoms with E-state index in [9.17, 15) is 14.4 Å². The largest absolute Gasteiger partial charge is 0.367 e. The van der Waals surface area contributed by atoms with Gasteiger partial charge in [-0.15, -0.1) is 0 Å². The predicted octanol–water partition coefficient (Wildman–Crippen LogP) is 4.03. The topological polar surface area (TPSA) is 73.0 Å². The molecule has 0 unspecified atom stereocenters. The first kappa shape index (κ1) is 25.3. The SMILES string of the molecule is CCN(CC)C(=O)c1cc(NC(=O)C(C)C)ccc1N1CCN(C(=O)c2ccc(C)cc2)CC1. The summed E-state index contributed by atoms with van der Waals surface area (Å²) in [6, 6.07) is 13.2.